The van der Waals surface area contributed by atoms with Gasteiger partial charge in [-0.2, -0.15) is 0 Å². The number of Topliss-reactive ketones (excluding diaryl/α,β-unsaturated/α-hetero) is 1. The highest BCUT2D eigenvalue weighted by atomic mass is 28.3. The van der Waals surface area contributed by atoms with Crippen molar-refractivity contribution in [1.29, 1.82) is 0 Å². The van der Waals surface area contributed by atoms with Crippen LogP contribution < -0.4 is 10.4 Å². The molecule has 0 bridgehead atoms. The highest BCUT2D eigenvalue weighted by molar-refractivity contribution is 7.12. The molecule has 0 radical (unpaired) electrons. The number of benzene rings is 2. The first-order valence-corrected chi connectivity index (χ1v) is 11.4. The maximum atomic E-state index is 13.6. The Morgan fingerprint density at radius 1 is 0.786 bits per heavy atom. The first-order chi connectivity index (χ1) is 13.3. The van der Waals surface area contributed by atoms with Crippen LogP contribution in [0.4, 0.5) is 0 Å². The Labute approximate surface area is 168 Å². The van der Waals surface area contributed by atoms with Crippen LogP contribution in [0.15, 0.2) is 71.6 Å². The van der Waals surface area contributed by atoms with E-state index in [1.54, 1.807) is 7.11 Å². The van der Waals surface area contributed by atoms with Crippen molar-refractivity contribution in [3.05, 3.63) is 71.6 Å². The maximum Gasteiger partial charge on any atom is 0.292 e. The molecular formula is C23H28O4Si. The molecule has 1 aliphatic rings. The summed E-state index contributed by atoms with van der Waals surface area (Å²) in [4.78, 5) is 13.6. The fraction of sp³-hybridized carbons (Fsp3) is 0.348. The zero-order chi connectivity index (χ0) is 20.6. The van der Waals surface area contributed by atoms with Gasteiger partial charge in [0.2, 0.25) is 5.78 Å². The lowest BCUT2D eigenvalue weighted by molar-refractivity contribution is -0.210. The fourth-order valence-corrected chi connectivity index (χ4v) is 10.5. The van der Waals surface area contributed by atoms with Gasteiger partial charge in [-0.3, -0.25) is 4.79 Å². The standard InChI is InChI=1S/C23H28O4Si/c1-22(2,3)28(17-13-9-7-10-14-17,18-15-11-8-12-16-18)19-20(24)23(26-5,27-6)21(19)25-4/h7-16H,1-6H3. The monoisotopic (exact) mass is 396 g/mol. The Morgan fingerprint density at radius 2 is 1.21 bits per heavy atom. The molecule has 0 heterocycles. The molecule has 148 valence electrons. The Bertz CT molecular complexity index is 838. The number of methoxy groups -OCH3 is 3. The fourth-order valence-electron chi connectivity index (χ4n) is 4.58. The predicted octanol–water partition coefficient (Wildman–Crippen LogP) is 3.06. The largest absolute Gasteiger partial charge is 0.495 e. The van der Waals surface area contributed by atoms with Crippen LogP contribution >= 0.6 is 0 Å². The van der Waals surface area contributed by atoms with Gasteiger partial charge in [0.05, 0.1) is 7.11 Å². The average molecular weight is 397 g/mol. The lowest BCUT2D eigenvalue weighted by Gasteiger charge is -2.52. The number of carbonyl (C=O) groups is 1. The minimum absolute atomic E-state index is 0.149. The summed E-state index contributed by atoms with van der Waals surface area (Å²) < 4.78 is 16.8. The van der Waals surface area contributed by atoms with Crippen LogP contribution in [0.3, 0.4) is 0 Å². The van der Waals surface area contributed by atoms with Crippen molar-refractivity contribution < 1.29 is 19.0 Å². The molecule has 3 rings (SSSR count). The number of ketones is 1. The number of hydrogen-bond acceptors (Lipinski definition) is 4. The Kier molecular flexibility index (Phi) is 5.36. The molecule has 0 amide bonds. The van der Waals surface area contributed by atoms with Crippen LogP contribution in [0, 0.1) is 0 Å². The van der Waals surface area contributed by atoms with Crippen LogP contribution in [-0.2, 0) is 19.0 Å². The van der Waals surface area contributed by atoms with Gasteiger partial charge in [0.25, 0.3) is 5.79 Å². The molecule has 4 nitrogen and oxygen atoms in total. The van der Waals surface area contributed by atoms with Gasteiger partial charge in [0.15, 0.2) is 13.8 Å². The van der Waals surface area contributed by atoms with Gasteiger partial charge in [-0.25, -0.2) is 0 Å². The summed E-state index contributed by atoms with van der Waals surface area (Å²) >= 11 is 0. The van der Waals surface area contributed by atoms with Gasteiger partial charge < -0.3 is 14.2 Å². The molecule has 0 fully saturated rings. The quantitative estimate of drug-likeness (QED) is 0.556. The molecule has 1 aliphatic carbocycles. The van der Waals surface area contributed by atoms with Gasteiger partial charge >= 0.3 is 0 Å². The van der Waals surface area contributed by atoms with Crippen molar-refractivity contribution in [2.45, 2.75) is 31.6 Å². The zero-order valence-electron chi connectivity index (χ0n) is 17.4. The van der Waals surface area contributed by atoms with Crippen molar-refractivity contribution in [3.63, 3.8) is 0 Å². The SMILES string of the molecule is COC1=C([Si](c2ccccc2)(c2ccccc2)C(C)(C)C)C(=O)C1(OC)OC. The van der Waals surface area contributed by atoms with Crippen molar-refractivity contribution in [2.75, 3.05) is 21.3 Å². The summed E-state index contributed by atoms with van der Waals surface area (Å²) in [6.45, 7) is 6.60. The lowest BCUT2D eigenvalue weighted by atomic mass is 9.96. The van der Waals surface area contributed by atoms with E-state index in [1.807, 2.05) is 36.4 Å². The highest BCUT2D eigenvalue weighted by Crippen LogP contribution is 2.50. The average Bonchev–Trinajstić information content (AvgIpc) is 2.70. The molecule has 0 aliphatic heterocycles. The van der Waals surface area contributed by atoms with Crippen LogP contribution in [0.5, 0.6) is 0 Å². The number of rotatable bonds is 6. The number of carbonyl (C=O) groups excluding carboxylic acids is 1. The first-order valence-electron chi connectivity index (χ1n) is 9.36. The van der Waals surface area contributed by atoms with Crippen molar-refractivity contribution >= 4 is 24.2 Å². The molecule has 0 saturated carbocycles. The van der Waals surface area contributed by atoms with Crippen LogP contribution in [0.2, 0.25) is 5.04 Å². The van der Waals surface area contributed by atoms with Gasteiger partial charge in [-0.15, -0.1) is 0 Å². The van der Waals surface area contributed by atoms with E-state index in [2.05, 4.69) is 45.0 Å². The minimum Gasteiger partial charge on any atom is -0.495 e. The smallest absolute Gasteiger partial charge is 0.292 e. The summed E-state index contributed by atoms with van der Waals surface area (Å²) in [7, 11) is 1.74. The van der Waals surface area contributed by atoms with Gasteiger partial charge in [0.1, 0.15) is 0 Å². The molecule has 0 spiro atoms. The van der Waals surface area contributed by atoms with E-state index in [0.29, 0.717) is 11.0 Å². The lowest BCUT2D eigenvalue weighted by Crippen LogP contribution is -2.73. The molecule has 28 heavy (non-hydrogen) atoms. The highest BCUT2D eigenvalue weighted by Gasteiger charge is 2.67. The Morgan fingerprint density at radius 3 is 1.54 bits per heavy atom. The third-order valence-electron chi connectivity index (χ3n) is 5.74. The molecular weight excluding hydrogens is 368 g/mol. The maximum absolute atomic E-state index is 13.6. The van der Waals surface area contributed by atoms with Crippen molar-refractivity contribution in [1.82, 2.24) is 0 Å². The van der Waals surface area contributed by atoms with Gasteiger partial charge in [0, 0.05) is 19.4 Å². The normalized spacial score (nSPS) is 16.7. The topological polar surface area (TPSA) is 44.8 Å². The number of hydrogen-bond donors (Lipinski definition) is 0. The number of ether oxygens (including phenoxy) is 3. The van der Waals surface area contributed by atoms with Crippen LogP contribution in [0.1, 0.15) is 20.8 Å². The zero-order valence-corrected chi connectivity index (χ0v) is 18.4. The molecule has 2 aromatic rings. The third kappa shape index (κ3) is 2.61. The van der Waals surface area contributed by atoms with Gasteiger partial charge in [-0.05, 0) is 15.4 Å². The summed E-state index contributed by atoms with van der Waals surface area (Å²) in [5, 5.41) is 2.82. The van der Waals surface area contributed by atoms with E-state index in [4.69, 9.17) is 14.2 Å². The second kappa shape index (κ2) is 7.31. The summed E-state index contributed by atoms with van der Waals surface area (Å²) in [6, 6.07) is 20.6. The second-order valence-corrected chi connectivity index (χ2v) is 12.6. The first kappa shape index (κ1) is 20.5. The summed E-state index contributed by atoms with van der Waals surface area (Å²) in [5.74, 6) is -1.13. The molecule has 5 heteroatoms. The predicted molar refractivity (Wildman–Crippen MR) is 113 cm³/mol. The van der Waals surface area contributed by atoms with Crippen molar-refractivity contribution in [3.8, 4) is 0 Å². The Hall–Kier alpha value is -2.21. The van der Waals surface area contributed by atoms with E-state index in [9.17, 15) is 4.79 Å². The third-order valence-corrected chi connectivity index (χ3v) is 11.6. The molecule has 0 saturated heterocycles. The molecule has 0 unspecified atom stereocenters. The molecule has 0 atom stereocenters. The molecule has 0 N–H and O–H groups in total. The second-order valence-electron chi connectivity index (χ2n) is 7.99. The minimum atomic E-state index is -2.79. The molecule has 0 aromatic heterocycles. The summed E-state index contributed by atoms with van der Waals surface area (Å²) in [6.07, 6.45) is 0. The van der Waals surface area contributed by atoms with E-state index in [0.717, 1.165) is 10.4 Å². The van der Waals surface area contributed by atoms with Crippen LogP contribution in [0.25, 0.3) is 0 Å². The van der Waals surface area contributed by atoms with Crippen LogP contribution in [-0.4, -0.2) is 41.0 Å². The van der Waals surface area contributed by atoms with E-state index < -0.39 is 13.9 Å². The van der Waals surface area contributed by atoms with Crippen molar-refractivity contribution in [2.24, 2.45) is 0 Å². The molecule has 2 aromatic carbocycles. The van der Waals surface area contributed by atoms with E-state index >= 15 is 0 Å². The van der Waals surface area contributed by atoms with Gasteiger partial charge in [-0.1, -0.05) is 81.4 Å². The van der Waals surface area contributed by atoms with E-state index in [-0.39, 0.29) is 10.8 Å². The summed E-state index contributed by atoms with van der Waals surface area (Å²) in [5.41, 5.74) is 0. The van der Waals surface area contributed by atoms with E-state index in [1.165, 1.54) is 14.2 Å². The Balaban J connectivity index is 2.47.